The quantitative estimate of drug-likeness (QED) is 0.555. The van der Waals surface area contributed by atoms with Crippen molar-refractivity contribution in [2.75, 3.05) is 19.5 Å². The van der Waals surface area contributed by atoms with Crippen LogP contribution in [-0.4, -0.2) is 42.8 Å². The molecule has 2 heterocycles. The molecular weight excluding hydrogens is 362 g/mol. The van der Waals surface area contributed by atoms with Gasteiger partial charge in [0, 0.05) is 19.5 Å². The molecule has 140 valence electrons. The van der Waals surface area contributed by atoms with Crippen molar-refractivity contribution < 1.29 is 23.1 Å². The van der Waals surface area contributed by atoms with E-state index in [1.165, 1.54) is 0 Å². The van der Waals surface area contributed by atoms with E-state index in [1.54, 1.807) is 30.3 Å². The number of hydrogen-bond acceptors (Lipinski definition) is 7. The summed E-state index contributed by atoms with van der Waals surface area (Å²) in [5.74, 6) is 0. The summed E-state index contributed by atoms with van der Waals surface area (Å²) >= 11 is 0. The first kappa shape index (κ1) is 18.3. The molecule has 1 aliphatic rings. The van der Waals surface area contributed by atoms with Crippen LogP contribution in [0, 0.1) is 10.1 Å². The van der Waals surface area contributed by atoms with Crippen LogP contribution in [0.4, 0.5) is 0 Å². The van der Waals surface area contributed by atoms with Gasteiger partial charge in [-0.15, -0.1) is 10.1 Å². The number of rotatable bonds is 6. The second kappa shape index (κ2) is 7.42. The van der Waals surface area contributed by atoms with Crippen molar-refractivity contribution in [1.29, 1.82) is 0 Å². The monoisotopic (exact) mass is 381 g/mol. The van der Waals surface area contributed by atoms with Gasteiger partial charge in [0.15, 0.2) is 9.84 Å². The molecule has 3 rings (SSSR count). The number of aromatic nitrogens is 2. The van der Waals surface area contributed by atoms with Gasteiger partial charge in [-0.3, -0.25) is 4.68 Å². The Labute approximate surface area is 150 Å². The van der Waals surface area contributed by atoms with Crippen LogP contribution in [0.2, 0.25) is 0 Å². The fraction of sp³-hybridized carbons (Fsp3) is 0.438. The lowest BCUT2D eigenvalue weighted by molar-refractivity contribution is -0.763. The van der Waals surface area contributed by atoms with E-state index in [0.717, 1.165) is 30.4 Å². The molecule has 9 nitrogen and oxygen atoms in total. The molecule has 1 fully saturated rings. The van der Waals surface area contributed by atoms with Crippen molar-refractivity contribution in [2.45, 2.75) is 30.4 Å². The van der Waals surface area contributed by atoms with Crippen molar-refractivity contribution in [1.82, 2.24) is 9.78 Å². The molecule has 0 bridgehead atoms. The highest BCUT2D eigenvalue weighted by Gasteiger charge is 2.21. The zero-order chi connectivity index (χ0) is 18.7. The van der Waals surface area contributed by atoms with Crippen LogP contribution in [0.25, 0.3) is 11.3 Å². The Balaban J connectivity index is 1.96. The minimum absolute atomic E-state index is 0.109. The number of nitrogens with zero attached hydrogens (tertiary/aromatic N) is 3. The highest BCUT2D eigenvalue weighted by atomic mass is 32.2. The van der Waals surface area contributed by atoms with Gasteiger partial charge in [0.2, 0.25) is 0 Å². The third-order valence-electron chi connectivity index (χ3n) is 4.22. The molecule has 1 aromatic carbocycles. The molecule has 2 aromatic rings. The lowest BCUT2D eigenvalue weighted by atomic mass is 10.1. The molecule has 1 aromatic heterocycles. The minimum atomic E-state index is -3.28. The maximum absolute atomic E-state index is 11.6. The van der Waals surface area contributed by atoms with E-state index in [1.807, 2.05) is 4.68 Å². The van der Waals surface area contributed by atoms with Crippen LogP contribution in [0.3, 0.4) is 0 Å². The van der Waals surface area contributed by atoms with Crippen LogP contribution < -0.4 is 0 Å². The second-order valence-corrected chi connectivity index (χ2v) is 8.12. The lowest BCUT2D eigenvalue weighted by Gasteiger charge is -2.24. The van der Waals surface area contributed by atoms with Crippen molar-refractivity contribution >= 4 is 9.84 Å². The van der Waals surface area contributed by atoms with E-state index in [9.17, 15) is 18.5 Å². The van der Waals surface area contributed by atoms with E-state index in [0.29, 0.717) is 18.9 Å². The molecule has 1 saturated heterocycles. The van der Waals surface area contributed by atoms with Gasteiger partial charge in [0.25, 0.3) is 5.09 Å². The molecular formula is C16H19N3O6S. The molecule has 10 heteroatoms. The summed E-state index contributed by atoms with van der Waals surface area (Å²) in [5, 5.41) is 14.1. The topological polar surface area (TPSA) is 114 Å². The Bertz CT molecular complexity index is 885. The van der Waals surface area contributed by atoms with E-state index in [-0.39, 0.29) is 17.5 Å². The number of hydrogen-bond donors (Lipinski definition) is 0. The van der Waals surface area contributed by atoms with Gasteiger partial charge in [0.1, 0.15) is 6.61 Å². The normalized spacial score (nSPS) is 15.7. The van der Waals surface area contributed by atoms with Crippen molar-refractivity contribution in [3.63, 3.8) is 0 Å². The maximum Gasteiger partial charge on any atom is 0.294 e. The standard InChI is InChI=1S/C16H19N3O6S/c1-26(22,23)15-4-2-12(3-5-15)16-10-13(11-25-19(20)21)17-18(16)14-6-8-24-9-7-14/h2-5,10,14H,6-9,11H2,1H3. The summed E-state index contributed by atoms with van der Waals surface area (Å²) < 4.78 is 30.5. The van der Waals surface area contributed by atoms with Crippen molar-refractivity contribution in [2.24, 2.45) is 0 Å². The molecule has 0 aliphatic carbocycles. The third kappa shape index (κ3) is 4.20. The van der Waals surface area contributed by atoms with Crippen molar-refractivity contribution in [3.8, 4) is 11.3 Å². The molecule has 0 saturated carbocycles. The molecule has 0 atom stereocenters. The molecule has 0 unspecified atom stereocenters. The van der Waals surface area contributed by atoms with Crippen LogP contribution in [0.5, 0.6) is 0 Å². The number of sulfone groups is 1. The van der Waals surface area contributed by atoms with Gasteiger partial charge >= 0.3 is 0 Å². The molecule has 0 spiro atoms. The number of ether oxygens (including phenoxy) is 1. The fourth-order valence-electron chi connectivity index (χ4n) is 2.93. The SMILES string of the molecule is CS(=O)(=O)c1ccc(-c2cc(CO[N+](=O)[O-])nn2C2CCOCC2)cc1. The molecule has 1 aliphatic heterocycles. The zero-order valence-corrected chi connectivity index (χ0v) is 15.0. The second-order valence-electron chi connectivity index (χ2n) is 6.10. The summed E-state index contributed by atoms with van der Waals surface area (Å²) in [4.78, 5) is 15.1. The largest absolute Gasteiger partial charge is 0.381 e. The molecule has 0 radical (unpaired) electrons. The lowest BCUT2D eigenvalue weighted by Crippen LogP contribution is -2.21. The van der Waals surface area contributed by atoms with E-state index in [4.69, 9.17) is 4.74 Å². The first-order chi connectivity index (χ1) is 12.3. The van der Waals surface area contributed by atoms with Gasteiger partial charge in [-0.2, -0.15) is 5.10 Å². The maximum atomic E-state index is 11.6. The Morgan fingerprint density at radius 3 is 2.54 bits per heavy atom. The first-order valence-electron chi connectivity index (χ1n) is 8.08. The Morgan fingerprint density at radius 2 is 1.96 bits per heavy atom. The van der Waals surface area contributed by atoms with Gasteiger partial charge < -0.3 is 9.57 Å². The van der Waals surface area contributed by atoms with Gasteiger partial charge in [0.05, 0.1) is 22.3 Å². The van der Waals surface area contributed by atoms with Gasteiger partial charge in [-0.25, -0.2) is 8.42 Å². The zero-order valence-electron chi connectivity index (χ0n) is 14.2. The van der Waals surface area contributed by atoms with E-state index < -0.39 is 14.9 Å². The van der Waals surface area contributed by atoms with Gasteiger partial charge in [-0.1, -0.05) is 12.1 Å². The number of benzene rings is 1. The molecule has 0 N–H and O–H groups in total. The summed E-state index contributed by atoms with van der Waals surface area (Å²) in [6.45, 7) is 1.01. The van der Waals surface area contributed by atoms with Crippen LogP contribution >= 0.6 is 0 Å². The van der Waals surface area contributed by atoms with E-state index >= 15 is 0 Å². The van der Waals surface area contributed by atoms with Gasteiger partial charge in [-0.05, 0) is 36.6 Å². The van der Waals surface area contributed by atoms with E-state index in [2.05, 4.69) is 9.94 Å². The Hall–Kier alpha value is -2.46. The predicted molar refractivity (Wildman–Crippen MR) is 91.6 cm³/mol. The van der Waals surface area contributed by atoms with Crippen LogP contribution in [-0.2, 0) is 26.0 Å². The Kier molecular flexibility index (Phi) is 5.23. The average Bonchev–Trinajstić information content (AvgIpc) is 3.04. The smallest absolute Gasteiger partial charge is 0.294 e. The molecule has 0 amide bonds. The predicted octanol–water partition coefficient (Wildman–Crippen LogP) is 2.01. The third-order valence-corrected chi connectivity index (χ3v) is 5.35. The van der Waals surface area contributed by atoms with Crippen LogP contribution in [0.15, 0.2) is 35.2 Å². The first-order valence-corrected chi connectivity index (χ1v) is 9.98. The molecule has 26 heavy (non-hydrogen) atoms. The summed E-state index contributed by atoms with van der Waals surface area (Å²) in [7, 11) is -3.28. The average molecular weight is 381 g/mol. The van der Waals surface area contributed by atoms with Crippen molar-refractivity contribution in [3.05, 3.63) is 46.1 Å². The van der Waals surface area contributed by atoms with Crippen LogP contribution in [0.1, 0.15) is 24.6 Å². The highest BCUT2D eigenvalue weighted by molar-refractivity contribution is 7.90. The minimum Gasteiger partial charge on any atom is -0.381 e. The summed E-state index contributed by atoms with van der Waals surface area (Å²) in [6.07, 6.45) is 2.72. The summed E-state index contributed by atoms with van der Waals surface area (Å²) in [5.41, 5.74) is 1.98. The summed E-state index contributed by atoms with van der Waals surface area (Å²) in [6, 6.07) is 8.34. The highest BCUT2D eigenvalue weighted by Crippen LogP contribution is 2.29. The Morgan fingerprint density at radius 1 is 1.31 bits per heavy atom. The fourth-order valence-corrected chi connectivity index (χ4v) is 3.56.